The second kappa shape index (κ2) is 6.76. The van der Waals surface area contributed by atoms with Crippen LogP contribution in [-0.4, -0.2) is 30.1 Å². The van der Waals surface area contributed by atoms with Crippen LogP contribution < -0.4 is 10.6 Å². The third kappa shape index (κ3) is 4.55. The number of aryl methyl sites for hydroxylation is 1. The van der Waals surface area contributed by atoms with E-state index in [2.05, 4.69) is 10.6 Å². The number of carboxylic acid groups (broad SMARTS) is 1. The van der Waals surface area contributed by atoms with E-state index in [0.717, 1.165) is 5.56 Å². The molecule has 1 atom stereocenters. The molecule has 5 nitrogen and oxygen atoms in total. The van der Waals surface area contributed by atoms with E-state index in [1.165, 1.54) is 6.92 Å². The highest BCUT2D eigenvalue weighted by molar-refractivity contribution is 5.75. The number of carboxylic acids is 1. The van der Waals surface area contributed by atoms with Gasteiger partial charge in [0.25, 0.3) is 0 Å². The maximum absolute atomic E-state index is 11.2. The van der Waals surface area contributed by atoms with Gasteiger partial charge in [0.05, 0.1) is 0 Å². The normalized spacial score (nSPS) is 11.9. The summed E-state index contributed by atoms with van der Waals surface area (Å²) in [5.41, 5.74) is 1.79. The average molecular weight is 250 g/mol. The zero-order valence-corrected chi connectivity index (χ0v) is 10.6. The molecule has 0 aliphatic carbocycles. The van der Waals surface area contributed by atoms with Crippen LogP contribution in [0, 0.1) is 6.92 Å². The first kappa shape index (κ1) is 14.2. The van der Waals surface area contributed by atoms with Gasteiger partial charge in [-0.15, -0.1) is 0 Å². The summed E-state index contributed by atoms with van der Waals surface area (Å²) in [6.45, 7) is 4.19. The highest BCUT2D eigenvalue weighted by atomic mass is 16.4. The fourth-order valence-corrected chi connectivity index (χ4v) is 1.56. The SMILES string of the molecule is CC(=O)NCCNC(C(=O)O)c1ccc(C)cc1. The van der Waals surface area contributed by atoms with E-state index < -0.39 is 12.0 Å². The van der Waals surface area contributed by atoms with E-state index in [9.17, 15) is 9.59 Å². The van der Waals surface area contributed by atoms with Gasteiger partial charge >= 0.3 is 5.97 Å². The molecule has 0 fully saturated rings. The Hall–Kier alpha value is -1.88. The summed E-state index contributed by atoms with van der Waals surface area (Å²) in [5, 5.41) is 14.7. The summed E-state index contributed by atoms with van der Waals surface area (Å²) >= 11 is 0. The highest BCUT2D eigenvalue weighted by Gasteiger charge is 2.18. The molecule has 1 unspecified atom stereocenters. The Kier molecular flexibility index (Phi) is 5.32. The van der Waals surface area contributed by atoms with Gasteiger partial charge in [-0.05, 0) is 12.5 Å². The van der Waals surface area contributed by atoms with Crippen molar-refractivity contribution in [1.29, 1.82) is 0 Å². The smallest absolute Gasteiger partial charge is 0.325 e. The molecule has 0 saturated heterocycles. The molecule has 18 heavy (non-hydrogen) atoms. The van der Waals surface area contributed by atoms with Crippen molar-refractivity contribution in [3.8, 4) is 0 Å². The van der Waals surface area contributed by atoms with Gasteiger partial charge in [-0.2, -0.15) is 0 Å². The van der Waals surface area contributed by atoms with Gasteiger partial charge in [-0.3, -0.25) is 14.9 Å². The van der Waals surface area contributed by atoms with Gasteiger partial charge in [0, 0.05) is 20.0 Å². The van der Waals surface area contributed by atoms with Gasteiger partial charge in [-0.1, -0.05) is 29.8 Å². The van der Waals surface area contributed by atoms with Crippen molar-refractivity contribution in [1.82, 2.24) is 10.6 Å². The number of rotatable bonds is 6. The summed E-state index contributed by atoms with van der Waals surface area (Å²) in [7, 11) is 0. The summed E-state index contributed by atoms with van der Waals surface area (Å²) in [4.78, 5) is 21.8. The molecule has 0 saturated carbocycles. The van der Waals surface area contributed by atoms with Gasteiger partial charge in [0.15, 0.2) is 0 Å². The Morgan fingerprint density at radius 1 is 1.22 bits per heavy atom. The molecule has 0 radical (unpaired) electrons. The van der Waals surface area contributed by atoms with Crippen LogP contribution >= 0.6 is 0 Å². The van der Waals surface area contributed by atoms with Gasteiger partial charge in [-0.25, -0.2) is 0 Å². The van der Waals surface area contributed by atoms with E-state index in [4.69, 9.17) is 5.11 Å². The van der Waals surface area contributed by atoms with Crippen LogP contribution in [0.5, 0.6) is 0 Å². The van der Waals surface area contributed by atoms with Gasteiger partial charge in [0.1, 0.15) is 6.04 Å². The van der Waals surface area contributed by atoms with E-state index in [0.29, 0.717) is 18.7 Å². The first-order chi connectivity index (χ1) is 8.50. The Labute approximate surface area is 106 Å². The molecule has 0 heterocycles. The van der Waals surface area contributed by atoms with Crippen molar-refractivity contribution in [2.24, 2.45) is 0 Å². The second-order valence-corrected chi connectivity index (χ2v) is 4.12. The van der Waals surface area contributed by atoms with Crippen molar-refractivity contribution < 1.29 is 14.7 Å². The molecular weight excluding hydrogens is 232 g/mol. The van der Waals surface area contributed by atoms with E-state index >= 15 is 0 Å². The lowest BCUT2D eigenvalue weighted by Crippen LogP contribution is -2.35. The minimum Gasteiger partial charge on any atom is -0.480 e. The third-order valence-corrected chi connectivity index (χ3v) is 2.51. The van der Waals surface area contributed by atoms with Crippen molar-refractivity contribution in [2.75, 3.05) is 13.1 Å². The minimum atomic E-state index is -0.929. The van der Waals surface area contributed by atoms with E-state index in [1.807, 2.05) is 19.1 Å². The van der Waals surface area contributed by atoms with Gasteiger partial charge in [0.2, 0.25) is 5.91 Å². The zero-order valence-electron chi connectivity index (χ0n) is 10.6. The maximum atomic E-state index is 11.2. The molecule has 1 aromatic carbocycles. The fraction of sp³-hybridized carbons (Fsp3) is 0.385. The molecular formula is C13H18N2O3. The monoisotopic (exact) mass is 250 g/mol. The number of carbonyl (C=O) groups excluding carboxylic acids is 1. The predicted octanol–water partition coefficient (Wildman–Crippen LogP) is 0.846. The lowest BCUT2D eigenvalue weighted by Gasteiger charge is -2.15. The highest BCUT2D eigenvalue weighted by Crippen LogP contribution is 2.13. The molecule has 5 heteroatoms. The van der Waals surface area contributed by atoms with Crippen LogP contribution in [0.3, 0.4) is 0 Å². The fourth-order valence-electron chi connectivity index (χ4n) is 1.56. The largest absolute Gasteiger partial charge is 0.480 e. The van der Waals surface area contributed by atoms with Crippen LogP contribution in [0.2, 0.25) is 0 Å². The van der Waals surface area contributed by atoms with Crippen molar-refractivity contribution in [2.45, 2.75) is 19.9 Å². The molecule has 1 amide bonds. The quantitative estimate of drug-likeness (QED) is 0.654. The number of nitrogens with one attached hydrogen (secondary N) is 2. The number of carbonyl (C=O) groups is 2. The Bertz CT molecular complexity index is 415. The maximum Gasteiger partial charge on any atom is 0.325 e. The molecule has 3 N–H and O–H groups in total. The van der Waals surface area contributed by atoms with Crippen molar-refractivity contribution in [3.63, 3.8) is 0 Å². The Morgan fingerprint density at radius 2 is 1.83 bits per heavy atom. The number of amides is 1. The molecule has 0 aromatic heterocycles. The molecule has 0 bridgehead atoms. The van der Waals surface area contributed by atoms with Crippen LogP contribution in [0.1, 0.15) is 24.1 Å². The lowest BCUT2D eigenvalue weighted by atomic mass is 10.1. The molecule has 98 valence electrons. The number of aliphatic carboxylic acids is 1. The third-order valence-electron chi connectivity index (χ3n) is 2.51. The number of hydrogen-bond acceptors (Lipinski definition) is 3. The molecule has 0 spiro atoms. The minimum absolute atomic E-state index is 0.126. The van der Waals surface area contributed by atoms with Crippen LogP contribution in [-0.2, 0) is 9.59 Å². The topological polar surface area (TPSA) is 78.4 Å². The Balaban J connectivity index is 2.57. The summed E-state index contributed by atoms with van der Waals surface area (Å²) in [6.07, 6.45) is 0. The molecule has 1 aromatic rings. The summed E-state index contributed by atoms with van der Waals surface area (Å²) < 4.78 is 0. The number of hydrogen-bond donors (Lipinski definition) is 3. The zero-order chi connectivity index (χ0) is 13.5. The van der Waals surface area contributed by atoms with Gasteiger partial charge < -0.3 is 10.4 Å². The van der Waals surface area contributed by atoms with Crippen LogP contribution in [0.15, 0.2) is 24.3 Å². The van der Waals surface area contributed by atoms with Crippen molar-refractivity contribution in [3.05, 3.63) is 35.4 Å². The Morgan fingerprint density at radius 3 is 2.33 bits per heavy atom. The van der Waals surface area contributed by atoms with Crippen LogP contribution in [0.25, 0.3) is 0 Å². The lowest BCUT2D eigenvalue weighted by molar-refractivity contribution is -0.139. The number of benzene rings is 1. The standard InChI is InChI=1S/C13H18N2O3/c1-9-3-5-11(6-4-9)12(13(17)18)15-8-7-14-10(2)16/h3-6,12,15H,7-8H2,1-2H3,(H,14,16)(H,17,18). The summed E-state index contributed by atoms with van der Waals surface area (Å²) in [6, 6.07) is 6.58. The first-order valence-corrected chi connectivity index (χ1v) is 5.78. The molecule has 0 aliphatic heterocycles. The molecule has 1 rings (SSSR count). The van der Waals surface area contributed by atoms with Crippen LogP contribution in [0.4, 0.5) is 0 Å². The average Bonchev–Trinajstić information content (AvgIpc) is 2.30. The first-order valence-electron chi connectivity index (χ1n) is 5.78. The predicted molar refractivity (Wildman–Crippen MR) is 68.2 cm³/mol. The van der Waals surface area contributed by atoms with E-state index in [1.54, 1.807) is 12.1 Å². The second-order valence-electron chi connectivity index (χ2n) is 4.12. The van der Waals surface area contributed by atoms with Crippen molar-refractivity contribution >= 4 is 11.9 Å². The summed E-state index contributed by atoms with van der Waals surface area (Å²) in [5.74, 6) is -1.05. The van der Waals surface area contributed by atoms with E-state index in [-0.39, 0.29) is 5.91 Å². The molecule has 0 aliphatic rings.